The first-order valence-corrected chi connectivity index (χ1v) is 6.59. The molecule has 1 aromatic heterocycles. The SMILES string of the molecule is Cc1nnc(N(CCO)C2CCC2)c(CN)c1C. The van der Waals surface area contributed by atoms with Crippen molar-refractivity contribution in [1.29, 1.82) is 0 Å². The predicted octanol–water partition coefficient (Wildman–Crippen LogP) is 0.903. The second-order valence-corrected chi connectivity index (χ2v) is 4.92. The summed E-state index contributed by atoms with van der Waals surface area (Å²) >= 11 is 0. The smallest absolute Gasteiger partial charge is 0.156 e. The van der Waals surface area contributed by atoms with Gasteiger partial charge in [-0.15, -0.1) is 5.10 Å². The Bertz CT molecular complexity index is 418. The molecule has 2 rings (SSSR count). The van der Waals surface area contributed by atoms with Gasteiger partial charge in [-0.2, -0.15) is 5.10 Å². The standard InChI is InChI=1S/C13H22N4O/c1-9-10(2)15-16-13(12(9)8-14)17(6-7-18)11-4-3-5-11/h11,18H,3-8,14H2,1-2H3. The van der Waals surface area contributed by atoms with Gasteiger partial charge in [-0.3, -0.25) is 0 Å². The molecule has 5 nitrogen and oxygen atoms in total. The molecule has 0 saturated heterocycles. The van der Waals surface area contributed by atoms with Crippen LogP contribution in [0.1, 0.15) is 36.1 Å². The van der Waals surface area contributed by atoms with Crippen LogP contribution in [0.15, 0.2) is 0 Å². The number of hydrogen-bond donors (Lipinski definition) is 2. The van der Waals surface area contributed by atoms with Crippen LogP contribution in [0, 0.1) is 13.8 Å². The molecule has 0 aliphatic heterocycles. The van der Waals surface area contributed by atoms with Crippen LogP contribution >= 0.6 is 0 Å². The molecule has 5 heteroatoms. The maximum atomic E-state index is 9.23. The summed E-state index contributed by atoms with van der Waals surface area (Å²) in [7, 11) is 0. The highest BCUT2D eigenvalue weighted by molar-refractivity contribution is 5.51. The van der Waals surface area contributed by atoms with Gasteiger partial charge in [0.25, 0.3) is 0 Å². The van der Waals surface area contributed by atoms with Crippen LogP contribution in [0.2, 0.25) is 0 Å². The van der Waals surface area contributed by atoms with Crippen molar-refractivity contribution in [1.82, 2.24) is 10.2 Å². The van der Waals surface area contributed by atoms with Crippen LogP contribution in [0.5, 0.6) is 0 Å². The molecule has 0 atom stereocenters. The molecule has 0 aromatic carbocycles. The van der Waals surface area contributed by atoms with Crippen LogP contribution in [-0.2, 0) is 6.54 Å². The number of aryl methyl sites for hydroxylation is 1. The van der Waals surface area contributed by atoms with Crippen molar-refractivity contribution >= 4 is 5.82 Å². The van der Waals surface area contributed by atoms with Crippen LogP contribution in [0.25, 0.3) is 0 Å². The molecule has 1 aliphatic rings. The van der Waals surface area contributed by atoms with E-state index in [0.29, 0.717) is 19.1 Å². The molecule has 0 spiro atoms. The Kier molecular flexibility index (Phi) is 4.14. The summed E-state index contributed by atoms with van der Waals surface area (Å²) in [6.07, 6.45) is 3.58. The number of aromatic nitrogens is 2. The van der Waals surface area contributed by atoms with Gasteiger partial charge in [0.2, 0.25) is 0 Å². The zero-order chi connectivity index (χ0) is 13.1. The summed E-state index contributed by atoms with van der Waals surface area (Å²) in [6, 6.07) is 0.485. The first kappa shape index (κ1) is 13.2. The summed E-state index contributed by atoms with van der Waals surface area (Å²) < 4.78 is 0. The Labute approximate surface area is 108 Å². The van der Waals surface area contributed by atoms with Crippen molar-refractivity contribution in [3.05, 3.63) is 16.8 Å². The van der Waals surface area contributed by atoms with Crippen LogP contribution in [0.4, 0.5) is 5.82 Å². The van der Waals surface area contributed by atoms with Gasteiger partial charge >= 0.3 is 0 Å². The number of rotatable bonds is 5. The maximum absolute atomic E-state index is 9.23. The van der Waals surface area contributed by atoms with E-state index in [2.05, 4.69) is 15.1 Å². The predicted molar refractivity (Wildman–Crippen MR) is 71.5 cm³/mol. The Morgan fingerprint density at radius 3 is 2.56 bits per heavy atom. The fourth-order valence-electron chi connectivity index (χ4n) is 2.39. The van der Waals surface area contributed by atoms with Crippen LogP contribution in [-0.4, -0.2) is 34.5 Å². The van der Waals surface area contributed by atoms with Gasteiger partial charge in [0.1, 0.15) is 0 Å². The minimum Gasteiger partial charge on any atom is -0.395 e. The minimum absolute atomic E-state index is 0.134. The zero-order valence-electron chi connectivity index (χ0n) is 11.2. The van der Waals surface area contributed by atoms with Gasteiger partial charge in [0.15, 0.2) is 5.82 Å². The van der Waals surface area contributed by atoms with E-state index in [1.54, 1.807) is 0 Å². The highest BCUT2D eigenvalue weighted by atomic mass is 16.3. The topological polar surface area (TPSA) is 75.3 Å². The average molecular weight is 250 g/mol. The average Bonchev–Trinajstić information content (AvgIpc) is 2.30. The molecule has 1 heterocycles. The third-order valence-electron chi connectivity index (χ3n) is 3.89. The number of aliphatic hydroxyl groups excluding tert-OH is 1. The van der Waals surface area contributed by atoms with Crippen LogP contribution < -0.4 is 10.6 Å². The van der Waals surface area contributed by atoms with Gasteiger partial charge in [-0.1, -0.05) is 0 Å². The zero-order valence-corrected chi connectivity index (χ0v) is 11.2. The summed E-state index contributed by atoms with van der Waals surface area (Å²) in [5.41, 5.74) is 8.96. The number of nitrogens with two attached hydrogens (primary N) is 1. The Morgan fingerprint density at radius 2 is 2.06 bits per heavy atom. The van der Waals surface area contributed by atoms with Crippen molar-refractivity contribution in [2.75, 3.05) is 18.1 Å². The van der Waals surface area contributed by atoms with Gasteiger partial charge in [0.05, 0.1) is 12.3 Å². The molecule has 0 amide bonds. The van der Waals surface area contributed by atoms with Crippen molar-refractivity contribution < 1.29 is 5.11 Å². The van der Waals surface area contributed by atoms with Crippen molar-refractivity contribution in [3.8, 4) is 0 Å². The minimum atomic E-state index is 0.134. The second-order valence-electron chi connectivity index (χ2n) is 4.92. The number of hydrogen-bond acceptors (Lipinski definition) is 5. The van der Waals surface area contributed by atoms with Gasteiger partial charge in [-0.25, -0.2) is 0 Å². The molecule has 1 saturated carbocycles. The summed E-state index contributed by atoms with van der Waals surface area (Å²) in [6.45, 7) is 5.19. The molecule has 18 heavy (non-hydrogen) atoms. The van der Waals surface area contributed by atoms with Crippen molar-refractivity contribution in [2.45, 2.75) is 45.7 Å². The van der Waals surface area contributed by atoms with E-state index in [1.165, 1.54) is 19.3 Å². The fraction of sp³-hybridized carbons (Fsp3) is 0.692. The highest BCUT2D eigenvalue weighted by Gasteiger charge is 2.28. The molecule has 0 unspecified atom stereocenters. The monoisotopic (exact) mass is 250 g/mol. The lowest BCUT2D eigenvalue weighted by molar-refractivity contribution is 0.282. The van der Waals surface area contributed by atoms with Gasteiger partial charge in [-0.05, 0) is 38.7 Å². The number of anilines is 1. The first-order chi connectivity index (χ1) is 8.69. The summed E-state index contributed by atoms with van der Waals surface area (Å²) in [4.78, 5) is 2.17. The molecule has 0 radical (unpaired) electrons. The number of aliphatic hydroxyl groups is 1. The van der Waals surface area contributed by atoms with E-state index in [1.807, 2.05) is 13.8 Å². The molecule has 0 bridgehead atoms. The normalized spacial score (nSPS) is 15.6. The van der Waals surface area contributed by atoms with E-state index >= 15 is 0 Å². The second kappa shape index (κ2) is 5.63. The van der Waals surface area contributed by atoms with E-state index in [0.717, 1.165) is 22.6 Å². The molecular formula is C13H22N4O. The van der Waals surface area contributed by atoms with E-state index in [9.17, 15) is 5.11 Å². The Balaban J connectivity index is 2.36. The third kappa shape index (κ3) is 2.33. The Hall–Kier alpha value is -1.20. The molecule has 100 valence electrons. The number of nitrogens with zero attached hydrogens (tertiary/aromatic N) is 3. The highest BCUT2D eigenvalue weighted by Crippen LogP contribution is 2.31. The van der Waals surface area contributed by atoms with Crippen molar-refractivity contribution in [2.24, 2.45) is 5.73 Å². The van der Waals surface area contributed by atoms with Crippen molar-refractivity contribution in [3.63, 3.8) is 0 Å². The van der Waals surface area contributed by atoms with Gasteiger partial charge < -0.3 is 15.7 Å². The molecule has 1 aromatic rings. The molecule has 1 aliphatic carbocycles. The van der Waals surface area contributed by atoms with Crippen LogP contribution in [0.3, 0.4) is 0 Å². The summed E-state index contributed by atoms with van der Waals surface area (Å²) in [5, 5.41) is 17.8. The Morgan fingerprint density at radius 1 is 1.33 bits per heavy atom. The van der Waals surface area contributed by atoms with Gasteiger partial charge in [0, 0.05) is 24.7 Å². The lowest BCUT2D eigenvalue weighted by Gasteiger charge is -2.39. The molecular weight excluding hydrogens is 228 g/mol. The first-order valence-electron chi connectivity index (χ1n) is 6.59. The maximum Gasteiger partial charge on any atom is 0.156 e. The summed E-state index contributed by atoms with van der Waals surface area (Å²) in [5.74, 6) is 0.861. The molecule has 3 N–H and O–H groups in total. The van der Waals surface area contributed by atoms with E-state index < -0.39 is 0 Å². The molecule has 1 fully saturated rings. The quantitative estimate of drug-likeness (QED) is 0.812. The van der Waals surface area contributed by atoms with E-state index in [4.69, 9.17) is 5.73 Å². The third-order valence-corrected chi connectivity index (χ3v) is 3.89. The lowest BCUT2D eigenvalue weighted by Crippen LogP contribution is -2.43. The fourth-order valence-corrected chi connectivity index (χ4v) is 2.39. The van der Waals surface area contributed by atoms with E-state index in [-0.39, 0.29) is 6.61 Å². The lowest BCUT2D eigenvalue weighted by atomic mass is 9.91. The largest absolute Gasteiger partial charge is 0.395 e.